The number of aromatic nitrogens is 1. The largest absolute Gasteiger partial charge is 0.496 e. The van der Waals surface area contributed by atoms with Crippen molar-refractivity contribution in [2.24, 2.45) is 0 Å². The third-order valence-electron chi connectivity index (χ3n) is 3.89. The molecule has 0 saturated heterocycles. The molecule has 1 amide bonds. The van der Waals surface area contributed by atoms with Gasteiger partial charge in [0.15, 0.2) is 0 Å². The first kappa shape index (κ1) is 18.0. The van der Waals surface area contributed by atoms with Crippen LogP contribution in [0.4, 0.5) is 5.69 Å². The SMILES string of the molecule is COCc1cc(=O)[nH]c2cc(NC(=O)c3cc(Cl)ccc3OC)ccc12. The predicted molar refractivity (Wildman–Crippen MR) is 101 cm³/mol. The van der Waals surface area contributed by atoms with E-state index in [4.69, 9.17) is 21.1 Å². The summed E-state index contributed by atoms with van der Waals surface area (Å²) in [6, 6.07) is 11.6. The molecular weight excluding hydrogens is 356 g/mol. The lowest BCUT2D eigenvalue weighted by molar-refractivity contribution is 0.102. The molecule has 7 heteroatoms. The Morgan fingerprint density at radius 1 is 1.15 bits per heavy atom. The van der Waals surface area contributed by atoms with E-state index in [0.29, 0.717) is 34.1 Å². The van der Waals surface area contributed by atoms with E-state index in [1.165, 1.54) is 19.2 Å². The van der Waals surface area contributed by atoms with Crippen molar-refractivity contribution in [1.29, 1.82) is 0 Å². The van der Waals surface area contributed by atoms with Crippen molar-refractivity contribution in [3.8, 4) is 5.75 Å². The number of H-pyrrole nitrogens is 1. The number of hydrogen-bond donors (Lipinski definition) is 2. The number of aromatic amines is 1. The lowest BCUT2D eigenvalue weighted by atomic mass is 10.1. The molecule has 0 radical (unpaired) electrons. The number of pyridine rings is 1. The van der Waals surface area contributed by atoms with Gasteiger partial charge in [-0.2, -0.15) is 0 Å². The van der Waals surface area contributed by atoms with Crippen LogP contribution in [-0.4, -0.2) is 25.1 Å². The number of benzene rings is 2. The minimum atomic E-state index is -0.362. The lowest BCUT2D eigenvalue weighted by Crippen LogP contribution is -2.13. The highest BCUT2D eigenvalue weighted by Crippen LogP contribution is 2.25. The van der Waals surface area contributed by atoms with Gasteiger partial charge in [0.1, 0.15) is 5.75 Å². The molecule has 0 spiro atoms. The van der Waals surface area contributed by atoms with Crippen LogP contribution in [-0.2, 0) is 11.3 Å². The number of amides is 1. The highest BCUT2D eigenvalue weighted by molar-refractivity contribution is 6.31. The third kappa shape index (κ3) is 3.71. The van der Waals surface area contributed by atoms with Crippen LogP contribution in [0.3, 0.4) is 0 Å². The van der Waals surface area contributed by atoms with Gasteiger partial charge < -0.3 is 19.8 Å². The van der Waals surface area contributed by atoms with E-state index in [1.54, 1.807) is 31.4 Å². The van der Waals surface area contributed by atoms with Crippen molar-refractivity contribution in [3.63, 3.8) is 0 Å². The average molecular weight is 373 g/mol. The molecule has 0 fully saturated rings. The summed E-state index contributed by atoms with van der Waals surface area (Å²) in [5.74, 6) is 0.0579. The van der Waals surface area contributed by atoms with Crippen molar-refractivity contribution in [2.45, 2.75) is 6.61 Å². The van der Waals surface area contributed by atoms with Crippen LogP contribution in [0.5, 0.6) is 5.75 Å². The molecule has 6 nitrogen and oxygen atoms in total. The molecule has 3 aromatic rings. The number of carbonyl (C=O) groups excluding carboxylic acids is 1. The summed E-state index contributed by atoms with van der Waals surface area (Å²) in [7, 11) is 3.05. The highest BCUT2D eigenvalue weighted by Gasteiger charge is 2.14. The molecule has 2 aromatic carbocycles. The average Bonchev–Trinajstić information content (AvgIpc) is 2.61. The molecule has 0 saturated carbocycles. The van der Waals surface area contributed by atoms with E-state index in [1.807, 2.05) is 6.07 Å². The Bertz CT molecular complexity index is 1030. The monoisotopic (exact) mass is 372 g/mol. The fraction of sp³-hybridized carbons (Fsp3) is 0.158. The summed E-state index contributed by atoms with van der Waals surface area (Å²) in [6.45, 7) is 0.325. The topological polar surface area (TPSA) is 80.4 Å². The first-order valence-electron chi connectivity index (χ1n) is 7.81. The van der Waals surface area contributed by atoms with Crippen molar-refractivity contribution >= 4 is 34.1 Å². The van der Waals surface area contributed by atoms with Crippen LogP contribution in [0.1, 0.15) is 15.9 Å². The summed E-state index contributed by atoms with van der Waals surface area (Å²) in [4.78, 5) is 27.2. The van der Waals surface area contributed by atoms with Gasteiger partial charge in [0, 0.05) is 29.3 Å². The third-order valence-corrected chi connectivity index (χ3v) is 4.13. The van der Waals surface area contributed by atoms with Gasteiger partial charge in [0.25, 0.3) is 5.91 Å². The first-order chi connectivity index (χ1) is 12.5. The lowest BCUT2D eigenvalue weighted by Gasteiger charge is -2.11. The zero-order valence-electron chi connectivity index (χ0n) is 14.3. The summed E-state index contributed by atoms with van der Waals surface area (Å²) < 4.78 is 10.3. The van der Waals surface area contributed by atoms with Gasteiger partial charge in [-0.05, 0) is 35.9 Å². The number of ether oxygens (including phenoxy) is 2. The van der Waals surface area contributed by atoms with Crippen molar-refractivity contribution in [1.82, 2.24) is 4.98 Å². The molecule has 1 heterocycles. The number of anilines is 1. The zero-order valence-corrected chi connectivity index (χ0v) is 15.0. The smallest absolute Gasteiger partial charge is 0.259 e. The second-order valence-corrected chi connectivity index (χ2v) is 6.09. The molecule has 0 unspecified atom stereocenters. The Kier molecular flexibility index (Phi) is 5.25. The molecule has 1 aromatic heterocycles. The fourth-order valence-corrected chi connectivity index (χ4v) is 2.91. The summed E-state index contributed by atoms with van der Waals surface area (Å²) in [5.41, 5.74) is 2.02. The highest BCUT2D eigenvalue weighted by atomic mass is 35.5. The van der Waals surface area contributed by atoms with E-state index in [2.05, 4.69) is 10.3 Å². The van der Waals surface area contributed by atoms with Crippen LogP contribution in [0.2, 0.25) is 5.02 Å². The van der Waals surface area contributed by atoms with E-state index >= 15 is 0 Å². The number of methoxy groups -OCH3 is 2. The maximum atomic E-state index is 12.6. The molecule has 3 rings (SSSR count). The summed E-state index contributed by atoms with van der Waals surface area (Å²) in [5, 5.41) is 4.08. The van der Waals surface area contributed by atoms with Crippen molar-refractivity contribution in [3.05, 3.63) is 69.0 Å². The quantitative estimate of drug-likeness (QED) is 0.717. The van der Waals surface area contributed by atoms with E-state index in [0.717, 1.165) is 10.9 Å². The first-order valence-corrected chi connectivity index (χ1v) is 8.19. The second kappa shape index (κ2) is 7.59. The van der Waals surface area contributed by atoms with Crippen molar-refractivity contribution < 1.29 is 14.3 Å². The maximum Gasteiger partial charge on any atom is 0.259 e. The van der Waals surface area contributed by atoms with Gasteiger partial charge in [-0.3, -0.25) is 9.59 Å². The van der Waals surface area contributed by atoms with Gasteiger partial charge in [-0.25, -0.2) is 0 Å². The number of hydrogen-bond acceptors (Lipinski definition) is 4. The number of fused-ring (bicyclic) bond motifs is 1. The minimum Gasteiger partial charge on any atom is -0.496 e. The Morgan fingerprint density at radius 3 is 2.69 bits per heavy atom. The predicted octanol–water partition coefficient (Wildman–Crippen LogP) is 3.59. The summed E-state index contributed by atoms with van der Waals surface area (Å²) >= 11 is 5.98. The van der Waals surface area contributed by atoms with Crippen LogP contribution >= 0.6 is 11.6 Å². The second-order valence-electron chi connectivity index (χ2n) is 5.65. The molecule has 0 aliphatic heterocycles. The van der Waals surface area contributed by atoms with E-state index in [-0.39, 0.29) is 11.5 Å². The van der Waals surface area contributed by atoms with Gasteiger partial charge in [0.2, 0.25) is 5.56 Å². The Hall–Kier alpha value is -2.83. The van der Waals surface area contributed by atoms with Crippen LogP contribution in [0.25, 0.3) is 10.9 Å². The van der Waals surface area contributed by atoms with Gasteiger partial charge in [-0.15, -0.1) is 0 Å². The maximum absolute atomic E-state index is 12.6. The molecule has 0 aliphatic rings. The zero-order chi connectivity index (χ0) is 18.7. The van der Waals surface area contributed by atoms with Crippen LogP contribution in [0.15, 0.2) is 47.3 Å². The molecule has 26 heavy (non-hydrogen) atoms. The van der Waals surface area contributed by atoms with Crippen LogP contribution in [0, 0.1) is 0 Å². The number of nitrogens with one attached hydrogen (secondary N) is 2. The summed E-state index contributed by atoms with van der Waals surface area (Å²) in [6.07, 6.45) is 0. The van der Waals surface area contributed by atoms with Gasteiger partial charge >= 0.3 is 0 Å². The Balaban J connectivity index is 1.95. The molecule has 134 valence electrons. The van der Waals surface area contributed by atoms with Crippen molar-refractivity contribution in [2.75, 3.05) is 19.5 Å². The van der Waals surface area contributed by atoms with Gasteiger partial charge in [0.05, 0.1) is 24.8 Å². The molecule has 0 atom stereocenters. The van der Waals surface area contributed by atoms with E-state index in [9.17, 15) is 9.59 Å². The standard InChI is InChI=1S/C19H17ClN2O4/c1-25-10-11-7-18(23)22-16-9-13(4-5-14(11)16)21-19(24)15-8-12(20)3-6-17(15)26-2/h3-9H,10H2,1-2H3,(H,21,24)(H,22,23). The number of halogens is 1. The Morgan fingerprint density at radius 2 is 1.96 bits per heavy atom. The fourth-order valence-electron chi connectivity index (χ4n) is 2.74. The normalized spacial score (nSPS) is 10.7. The number of rotatable bonds is 5. The number of carbonyl (C=O) groups is 1. The van der Waals surface area contributed by atoms with Gasteiger partial charge in [-0.1, -0.05) is 17.7 Å². The Labute approximate surface area is 154 Å². The van der Waals surface area contributed by atoms with E-state index < -0.39 is 0 Å². The minimum absolute atomic E-state index is 0.232. The van der Waals surface area contributed by atoms with Crippen LogP contribution < -0.4 is 15.6 Å². The molecule has 0 aliphatic carbocycles. The molecular formula is C19H17ClN2O4. The molecule has 0 bridgehead atoms. The molecule has 2 N–H and O–H groups in total.